The van der Waals surface area contributed by atoms with Gasteiger partial charge in [-0.05, 0) is 36.1 Å². The predicted molar refractivity (Wildman–Crippen MR) is 119 cm³/mol. The molecule has 0 aliphatic carbocycles. The molecule has 1 N–H and O–H groups in total. The molecule has 1 atom stereocenters. The minimum Gasteiger partial charge on any atom is -0.336 e. The number of nitrogens with one attached hydrogen (secondary N) is 1. The highest BCUT2D eigenvalue weighted by atomic mass is 79.9. The van der Waals surface area contributed by atoms with Crippen molar-refractivity contribution in [2.45, 2.75) is 18.5 Å². The van der Waals surface area contributed by atoms with Crippen LogP contribution in [0, 0.1) is 0 Å². The number of aromatic nitrogens is 1. The van der Waals surface area contributed by atoms with E-state index in [0.29, 0.717) is 31.4 Å². The van der Waals surface area contributed by atoms with Gasteiger partial charge < -0.3 is 15.1 Å². The lowest BCUT2D eigenvalue weighted by atomic mass is 10.1. The quantitative estimate of drug-likeness (QED) is 0.608. The minimum absolute atomic E-state index is 0.0114. The number of hydrogen-bond acceptors (Lipinski definition) is 6. The molecule has 0 radical (unpaired) electrons. The predicted octanol–water partition coefficient (Wildman–Crippen LogP) is 3.45. The number of thiazole rings is 1. The molecular weight excluding hydrogens is 472 g/mol. The van der Waals surface area contributed by atoms with E-state index in [1.54, 1.807) is 22.2 Å². The Morgan fingerprint density at radius 2 is 1.93 bits per heavy atom. The van der Waals surface area contributed by atoms with Gasteiger partial charge in [-0.25, -0.2) is 4.98 Å². The fraction of sp³-hybridized carbons (Fsp3) is 0.350. The molecule has 0 bridgehead atoms. The summed E-state index contributed by atoms with van der Waals surface area (Å²) in [6.07, 6.45) is 0.936. The molecule has 2 fully saturated rings. The second kappa shape index (κ2) is 7.79. The maximum atomic E-state index is 12.8. The number of benzene rings is 1. The van der Waals surface area contributed by atoms with Crippen LogP contribution in [-0.4, -0.2) is 64.9 Å². The average Bonchev–Trinajstić information content (AvgIpc) is 3.43. The van der Waals surface area contributed by atoms with Gasteiger partial charge in [-0.3, -0.25) is 9.59 Å². The van der Waals surface area contributed by atoms with Gasteiger partial charge in [0.05, 0.1) is 10.4 Å². The smallest absolute Gasteiger partial charge is 0.273 e. The number of thiophene rings is 1. The van der Waals surface area contributed by atoms with Crippen molar-refractivity contribution in [3.63, 3.8) is 0 Å². The molecule has 150 valence electrons. The summed E-state index contributed by atoms with van der Waals surface area (Å²) in [5.41, 5.74) is 2.22. The lowest BCUT2D eigenvalue weighted by molar-refractivity contribution is 0.0557. The van der Waals surface area contributed by atoms with Crippen LogP contribution in [0.3, 0.4) is 0 Å². The number of amides is 2. The van der Waals surface area contributed by atoms with Crippen molar-refractivity contribution >= 4 is 60.5 Å². The summed E-state index contributed by atoms with van der Waals surface area (Å²) in [5.74, 6) is 0.115. The van der Waals surface area contributed by atoms with E-state index >= 15 is 0 Å². The van der Waals surface area contributed by atoms with Crippen molar-refractivity contribution in [1.82, 2.24) is 20.1 Å². The molecule has 6 nitrogen and oxygen atoms in total. The number of rotatable bonds is 4. The van der Waals surface area contributed by atoms with Crippen LogP contribution >= 0.6 is 38.6 Å². The van der Waals surface area contributed by atoms with E-state index in [9.17, 15) is 9.59 Å². The van der Waals surface area contributed by atoms with Gasteiger partial charge in [-0.2, -0.15) is 0 Å². The molecule has 5 rings (SSSR count). The molecule has 0 spiro atoms. The molecule has 2 aromatic heterocycles. The summed E-state index contributed by atoms with van der Waals surface area (Å²) in [5, 5.41) is 6.50. The van der Waals surface area contributed by atoms with Gasteiger partial charge in [-0.15, -0.1) is 22.7 Å². The molecule has 2 aliphatic rings. The number of likely N-dealkylation sites (tertiary alicyclic amines) is 2. The number of hydrogen-bond donors (Lipinski definition) is 1. The van der Waals surface area contributed by atoms with E-state index in [1.807, 2.05) is 34.1 Å². The largest absolute Gasteiger partial charge is 0.336 e. The fourth-order valence-corrected chi connectivity index (χ4v) is 5.84. The maximum Gasteiger partial charge on any atom is 0.273 e. The molecule has 2 amide bonds. The fourth-order valence-electron chi connectivity index (χ4n) is 3.92. The Hall–Kier alpha value is -1.81. The normalized spacial score (nSPS) is 19.7. The molecule has 3 aromatic rings. The summed E-state index contributed by atoms with van der Waals surface area (Å²) in [4.78, 5) is 33.8. The van der Waals surface area contributed by atoms with Crippen molar-refractivity contribution in [1.29, 1.82) is 0 Å². The highest BCUT2D eigenvalue weighted by Gasteiger charge is 2.35. The Bertz CT molecular complexity index is 1060. The minimum atomic E-state index is 0.0114. The lowest BCUT2D eigenvalue weighted by Crippen LogP contribution is -2.61. The molecule has 29 heavy (non-hydrogen) atoms. The van der Waals surface area contributed by atoms with Crippen molar-refractivity contribution in [2.75, 3.05) is 26.2 Å². The number of carbonyl (C=O) groups excluding carboxylic acids is 2. The third-order valence-electron chi connectivity index (χ3n) is 5.46. The second-order valence-electron chi connectivity index (χ2n) is 7.48. The Kier molecular flexibility index (Phi) is 5.15. The van der Waals surface area contributed by atoms with Gasteiger partial charge in [0.25, 0.3) is 11.8 Å². The summed E-state index contributed by atoms with van der Waals surface area (Å²) in [6, 6.07) is 8.64. The van der Waals surface area contributed by atoms with E-state index < -0.39 is 0 Å². The zero-order valence-corrected chi connectivity index (χ0v) is 18.7. The van der Waals surface area contributed by atoms with Crippen molar-refractivity contribution in [3.05, 3.63) is 50.2 Å². The van der Waals surface area contributed by atoms with E-state index in [4.69, 9.17) is 0 Å². The summed E-state index contributed by atoms with van der Waals surface area (Å²) >= 11 is 6.47. The molecule has 4 heterocycles. The third kappa shape index (κ3) is 3.84. The molecule has 1 aromatic carbocycles. The molecule has 2 aliphatic heterocycles. The van der Waals surface area contributed by atoms with Crippen LogP contribution in [0.25, 0.3) is 10.1 Å². The monoisotopic (exact) mass is 490 g/mol. The van der Waals surface area contributed by atoms with Crippen LogP contribution in [0.2, 0.25) is 0 Å². The summed E-state index contributed by atoms with van der Waals surface area (Å²) in [6.45, 7) is 2.88. The van der Waals surface area contributed by atoms with E-state index in [-0.39, 0.29) is 17.9 Å². The van der Waals surface area contributed by atoms with Crippen LogP contribution in [-0.2, 0) is 0 Å². The topological polar surface area (TPSA) is 65.5 Å². The number of fused-ring (bicyclic) bond motifs is 1. The molecule has 0 saturated carbocycles. The van der Waals surface area contributed by atoms with Crippen LogP contribution in [0.15, 0.2) is 39.6 Å². The Labute approximate surface area is 184 Å². The van der Waals surface area contributed by atoms with Crippen LogP contribution in [0.1, 0.15) is 26.6 Å². The molecule has 9 heteroatoms. The molecule has 1 unspecified atom stereocenters. The number of halogens is 1. The number of carbonyl (C=O) groups is 2. The van der Waals surface area contributed by atoms with Crippen LogP contribution in [0.4, 0.5) is 0 Å². The third-order valence-corrected chi connectivity index (χ3v) is 7.64. The van der Waals surface area contributed by atoms with E-state index in [2.05, 4.69) is 26.2 Å². The van der Waals surface area contributed by atoms with Gasteiger partial charge in [0.1, 0.15) is 5.69 Å². The van der Waals surface area contributed by atoms with Crippen molar-refractivity contribution < 1.29 is 9.59 Å². The first-order valence-corrected chi connectivity index (χ1v) is 12.0. The van der Waals surface area contributed by atoms with Gasteiger partial charge in [0, 0.05) is 52.8 Å². The highest BCUT2D eigenvalue weighted by molar-refractivity contribution is 9.10. The average molecular weight is 491 g/mol. The summed E-state index contributed by atoms with van der Waals surface area (Å²) in [7, 11) is 0. The standard InChI is InChI=1S/C20H19BrN4O2S2/c21-13-1-2-17-12(5-13)6-18(29-17)20(27)25-8-15(9-25)23-14-3-4-24(7-14)19(26)16-10-28-11-22-16/h1-2,5-6,10-11,14-15,23H,3-4,7-9H2. The Morgan fingerprint density at radius 1 is 1.10 bits per heavy atom. The molecule has 2 saturated heterocycles. The van der Waals surface area contributed by atoms with Gasteiger partial charge >= 0.3 is 0 Å². The first-order valence-electron chi connectivity index (χ1n) is 9.49. The Morgan fingerprint density at radius 3 is 2.72 bits per heavy atom. The Balaban J connectivity index is 1.13. The van der Waals surface area contributed by atoms with E-state index in [1.165, 1.54) is 11.3 Å². The van der Waals surface area contributed by atoms with Gasteiger partial charge in [0.15, 0.2) is 0 Å². The van der Waals surface area contributed by atoms with E-state index in [0.717, 1.165) is 32.4 Å². The SMILES string of the molecule is O=C(c1cscn1)N1CCC(NC2CN(C(=O)c3cc4cc(Br)ccc4s3)C2)C1. The number of nitrogens with zero attached hydrogens (tertiary/aromatic N) is 3. The molecular formula is C20H19BrN4O2S2. The van der Waals surface area contributed by atoms with Gasteiger partial charge in [0.2, 0.25) is 0 Å². The zero-order valence-electron chi connectivity index (χ0n) is 15.5. The van der Waals surface area contributed by atoms with Crippen LogP contribution < -0.4 is 5.32 Å². The van der Waals surface area contributed by atoms with Gasteiger partial charge in [-0.1, -0.05) is 15.9 Å². The summed E-state index contributed by atoms with van der Waals surface area (Å²) < 4.78 is 2.15. The van der Waals surface area contributed by atoms with Crippen LogP contribution in [0.5, 0.6) is 0 Å². The van der Waals surface area contributed by atoms with Crippen molar-refractivity contribution in [2.24, 2.45) is 0 Å². The lowest BCUT2D eigenvalue weighted by Gasteiger charge is -2.40. The first kappa shape index (κ1) is 19.2. The highest BCUT2D eigenvalue weighted by Crippen LogP contribution is 2.30. The maximum absolute atomic E-state index is 12.8. The zero-order chi connectivity index (χ0) is 20.0. The van der Waals surface area contributed by atoms with Crippen molar-refractivity contribution in [3.8, 4) is 0 Å². The first-order chi connectivity index (χ1) is 14.1. The second-order valence-corrected chi connectivity index (χ2v) is 10.2.